The molecule has 3 N–H and O–H groups in total. The largest absolute Gasteiger partial charge is 0.508 e. The van der Waals surface area contributed by atoms with Crippen LogP contribution < -0.4 is 10.6 Å². The van der Waals surface area contributed by atoms with E-state index in [2.05, 4.69) is 17.6 Å². The van der Waals surface area contributed by atoms with Crippen LogP contribution in [0.1, 0.15) is 92.8 Å². The molecule has 8 nitrogen and oxygen atoms in total. The number of phenolic OH excluding ortho intramolecular Hbond substituents is 1. The minimum absolute atomic E-state index is 0.0994. The van der Waals surface area contributed by atoms with Crippen molar-refractivity contribution in [3.63, 3.8) is 0 Å². The van der Waals surface area contributed by atoms with Crippen molar-refractivity contribution in [2.75, 3.05) is 11.9 Å². The molecule has 8 heteroatoms. The van der Waals surface area contributed by atoms with Crippen LogP contribution in [0.15, 0.2) is 60.7 Å². The lowest BCUT2D eigenvalue weighted by Gasteiger charge is -2.35. The minimum Gasteiger partial charge on any atom is -0.508 e. The van der Waals surface area contributed by atoms with Gasteiger partial charge in [0.1, 0.15) is 23.4 Å². The fraction of sp³-hybridized carbons (Fsp3) is 0.447. The number of nitrogens with zero attached hydrogens (tertiary/aromatic N) is 1. The summed E-state index contributed by atoms with van der Waals surface area (Å²) in [4.78, 5) is 44.0. The van der Waals surface area contributed by atoms with E-state index in [9.17, 15) is 19.5 Å². The number of para-hydroxylation sites is 1. The summed E-state index contributed by atoms with van der Waals surface area (Å²) in [7, 11) is 0. The molecule has 248 valence electrons. The maximum Gasteiger partial charge on any atom is 0.408 e. The second-order valence-electron chi connectivity index (χ2n) is 13.2. The van der Waals surface area contributed by atoms with Crippen molar-refractivity contribution in [1.29, 1.82) is 0 Å². The molecule has 0 aromatic heterocycles. The van der Waals surface area contributed by atoms with Crippen LogP contribution in [0.3, 0.4) is 0 Å². The molecule has 3 amide bonds. The minimum atomic E-state index is -1.04. The quantitative estimate of drug-likeness (QED) is 0.167. The predicted octanol–water partition coefficient (Wildman–Crippen LogP) is 7.85. The second-order valence-corrected chi connectivity index (χ2v) is 13.2. The first-order valence-corrected chi connectivity index (χ1v) is 16.2. The number of aromatic hydroxyl groups is 1. The number of hydrogen-bond acceptors (Lipinski definition) is 5. The third kappa shape index (κ3) is 10.4. The highest BCUT2D eigenvalue weighted by molar-refractivity contribution is 6.00. The normalized spacial score (nSPS) is 12.6. The van der Waals surface area contributed by atoms with E-state index < -0.39 is 29.7 Å². The molecule has 0 aliphatic heterocycles. The highest BCUT2D eigenvalue weighted by atomic mass is 16.6. The Morgan fingerprint density at radius 3 is 2.11 bits per heavy atom. The maximum atomic E-state index is 14.8. The first kappa shape index (κ1) is 36.1. The maximum absolute atomic E-state index is 14.8. The lowest BCUT2D eigenvalue weighted by atomic mass is 9.95. The SMILES string of the molecule is CCCCCCN(C(=O)C(Cc1ccc(O)cc1)NC(=O)OC(C)(C)C)C(C(=O)Nc1c(C)cccc1C)c1ccc(C)cc1C. The number of carbonyl (C=O) groups excluding carboxylic acids is 3. The summed E-state index contributed by atoms with van der Waals surface area (Å²) in [6.07, 6.45) is 3.01. The third-order valence-corrected chi connectivity index (χ3v) is 7.91. The van der Waals surface area contributed by atoms with E-state index in [4.69, 9.17) is 4.74 Å². The van der Waals surface area contributed by atoms with Gasteiger partial charge in [0.15, 0.2) is 0 Å². The van der Waals surface area contributed by atoms with Gasteiger partial charge in [-0.2, -0.15) is 0 Å². The first-order chi connectivity index (χ1) is 21.7. The molecule has 3 aromatic carbocycles. The van der Waals surface area contributed by atoms with E-state index in [1.807, 2.05) is 64.1 Å². The molecule has 0 spiro atoms. The monoisotopic (exact) mass is 629 g/mol. The Bertz CT molecular complexity index is 1470. The van der Waals surface area contributed by atoms with Crippen LogP contribution in [0, 0.1) is 27.7 Å². The number of unbranched alkanes of at least 4 members (excludes halogenated alkanes) is 3. The molecule has 0 radical (unpaired) electrons. The fourth-order valence-electron chi connectivity index (χ4n) is 5.58. The van der Waals surface area contributed by atoms with Gasteiger partial charge < -0.3 is 25.4 Å². The van der Waals surface area contributed by atoms with E-state index in [-0.39, 0.29) is 18.1 Å². The zero-order chi connectivity index (χ0) is 34.0. The van der Waals surface area contributed by atoms with Crippen LogP contribution in [-0.2, 0) is 20.7 Å². The molecular weight excluding hydrogens is 578 g/mol. The van der Waals surface area contributed by atoms with Gasteiger partial charge in [0.2, 0.25) is 5.91 Å². The van der Waals surface area contributed by atoms with Crippen molar-refractivity contribution in [3.8, 4) is 5.75 Å². The molecule has 0 aliphatic rings. The van der Waals surface area contributed by atoms with Gasteiger partial charge in [-0.1, -0.05) is 80.3 Å². The fourth-order valence-corrected chi connectivity index (χ4v) is 5.58. The van der Waals surface area contributed by atoms with Gasteiger partial charge in [0, 0.05) is 18.7 Å². The third-order valence-electron chi connectivity index (χ3n) is 7.91. The summed E-state index contributed by atoms with van der Waals surface area (Å²) < 4.78 is 5.56. The van der Waals surface area contributed by atoms with E-state index in [1.165, 1.54) is 0 Å². The molecule has 0 fully saturated rings. The number of phenols is 1. The molecular formula is C38H51N3O5. The number of rotatable bonds is 13. The number of ether oxygens (including phenoxy) is 1. The number of benzene rings is 3. The Hall–Kier alpha value is -4.33. The van der Waals surface area contributed by atoms with Crippen LogP contribution in [0.5, 0.6) is 5.75 Å². The lowest BCUT2D eigenvalue weighted by molar-refractivity contribution is -0.140. The smallest absolute Gasteiger partial charge is 0.408 e. The van der Waals surface area contributed by atoms with E-state index in [1.54, 1.807) is 49.9 Å². The Kier molecular flexibility index (Phi) is 12.8. The van der Waals surface area contributed by atoms with Crippen molar-refractivity contribution in [1.82, 2.24) is 10.2 Å². The summed E-state index contributed by atoms with van der Waals surface area (Å²) in [6, 6.07) is 16.2. The van der Waals surface area contributed by atoms with Crippen molar-refractivity contribution in [2.45, 2.75) is 105 Å². The first-order valence-electron chi connectivity index (χ1n) is 16.2. The molecule has 46 heavy (non-hydrogen) atoms. The number of anilines is 1. The zero-order valence-electron chi connectivity index (χ0n) is 28.7. The van der Waals surface area contributed by atoms with E-state index in [0.29, 0.717) is 18.7 Å². The topological polar surface area (TPSA) is 108 Å². The van der Waals surface area contributed by atoms with Gasteiger partial charge in [-0.25, -0.2) is 4.79 Å². The average Bonchev–Trinajstić information content (AvgIpc) is 2.97. The number of alkyl carbamates (subject to hydrolysis) is 1. The molecule has 2 unspecified atom stereocenters. The van der Waals surface area contributed by atoms with Crippen LogP contribution in [0.2, 0.25) is 0 Å². The molecule has 3 rings (SSSR count). The summed E-state index contributed by atoms with van der Waals surface area (Å²) in [5, 5.41) is 15.8. The number of hydrogen-bond donors (Lipinski definition) is 3. The molecule has 0 bridgehead atoms. The van der Waals surface area contributed by atoms with Gasteiger partial charge >= 0.3 is 6.09 Å². The van der Waals surface area contributed by atoms with Crippen molar-refractivity contribution < 1.29 is 24.2 Å². The molecule has 0 saturated carbocycles. The summed E-state index contributed by atoms with van der Waals surface area (Å²) in [5.74, 6) is -0.617. The molecule has 0 heterocycles. The van der Waals surface area contributed by atoms with E-state index in [0.717, 1.165) is 52.6 Å². The molecule has 0 saturated heterocycles. The highest BCUT2D eigenvalue weighted by Crippen LogP contribution is 2.30. The predicted molar refractivity (Wildman–Crippen MR) is 184 cm³/mol. The van der Waals surface area contributed by atoms with Crippen LogP contribution in [0.4, 0.5) is 10.5 Å². The Labute approximate surface area is 274 Å². The van der Waals surface area contributed by atoms with Crippen LogP contribution in [0.25, 0.3) is 0 Å². The second kappa shape index (κ2) is 16.3. The van der Waals surface area contributed by atoms with E-state index >= 15 is 0 Å². The van der Waals surface area contributed by atoms with Crippen molar-refractivity contribution in [2.24, 2.45) is 0 Å². The number of aryl methyl sites for hydroxylation is 4. The Morgan fingerprint density at radius 2 is 1.52 bits per heavy atom. The van der Waals surface area contributed by atoms with Crippen molar-refractivity contribution in [3.05, 3.63) is 94.0 Å². The van der Waals surface area contributed by atoms with Gasteiger partial charge in [-0.05, 0) is 94.8 Å². The number of carbonyl (C=O) groups is 3. The Morgan fingerprint density at radius 1 is 0.870 bits per heavy atom. The highest BCUT2D eigenvalue weighted by Gasteiger charge is 2.37. The summed E-state index contributed by atoms with van der Waals surface area (Å²) >= 11 is 0. The molecule has 2 atom stereocenters. The summed E-state index contributed by atoms with van der Waals surface area (Å²) in [6.45, 7) is 15.6. The van der Waals surface area contributed by atoms with Gasteiger partial charge in [0.05, 0.1) is 0 Å². The standard InChI is InChI=1S/C38H51N3O5/c1-9-10-11-12-22-41(36(44)32(39-37(45)46-38(6,7)8)24-29-17-19-30(42)20-18-29)34(31-21-16-25(2)23-28(31)5)35(43)40-33-26(3)14-13-15-27(33)4/h13-21,23,32,34,42H,9-12,22,24H2,1-8H3,(H,39,45)(H,40,43). The molecule has 3 aromatic rings. The lowest BCUT2D eigenvalue weighted by Crippen LogP contribution is -2.53. The van der Waals surface area contributed by atoms with Crippen LogP contribution in [-0.4, -0.2) is 46.1 Å². The van der Waals surface area contributed by atoms with Gasteiger partial charge in [-0.15, -0.1) is 0 Å². The molecule has 0 aliphatic carbocycles. The van der Waals surface area contributed by atoms with Gasteiger partial charge in [0.25, 0.3) is 5.91 Å². The van der Waals surface area contributed by atoms with Gasteiger partial charge in [-0.3, -0.25) is 9.59 Å². The number of amides is 3. The Balaban J connectivity index is 2.14. The number of nitrogens with one attached hydrogen (secondary N) is 2. The summed E-state index contributed by atoms with van der Waals surface area (Å²) in [5.41, 5.74) is 5.18. The van der Waals surface area contributed by atoms with Crippen molar-refractivity contribution >= 4 is 23.6 Å². The zero-order valence-corrected chi connectivity index (χ0v) is 28.7. The van der Waals surface area contributed by atoms with Crippen LogP contribution >= 0.6 is 0 Å². The average molecular weight is 630 g/mol.